The first-order valence-corrected chi connectivity index (χ1v) is 4.21. The predicted molar refractivity (Wildman–Crippen MR) is 48.1 cm³/mol. The van der Waals surface area contributed by atoms with Crippen molar-refractivity contribution in [2.24, 2.45) is 0 Å². The molecule has 88 valence electrons. The molecule has 0 aliphatic carbocycles. The zero-order chi connectivity index (χ0) is 12.1. The average molecular weight is 230 g/mol. The van der Waals surface area contributed by atoms with E-state index in [4.69, 9.17) is 10.3 Å². The molecule has 0 aromatic rings. The molecule has 16 heavy (non-hydrogen) atoms. The molecule has 1 unspecified atom stereocenters. The van der Waals surface area contributed by atoms with E-state index in [0.29, 0.717) is 0 Å². The lowest BCUT2D eigenvalue weighted by Gasteiger charge is -2.20. The second-order valence-electron chi connectivity index (χ2n) is 2.86. The Labute approximate surface area is 89.5 Å². The second-order valence-corrected chi connectivity index (χ2v) is 2.86. The van der Waals surface area contributed by atoms with Gasteiger partial charge in [-0.05, 0) is 0 Å². The van der Waals surface area contributed by atoms with Gasteiger partial charge < -0.3 is 21.1 Å². The molecule has 0 saturated heterocycles. The van der Waals surface area contributed by atoms with Crippen molar-refractivity contribution < 1.29 is 24.7 Å². The number of hydrogen-bond donors (Lipinski definition) is 6. The average Bonchev–Trinajstić information content (AvgIpc) is 2.22. The van der Waals surface area contributed by atoms with Crippen molar-refractivity contribution in [2.75, 3.05) is 0 Å². The van der Waals surface area contributed by atoms with Gasteiger partial charge in [0.2, 0.25) is 12.3 Å². The van der Waals surface area contributed by atoms with E-state index in [1.165, 1.54) is 5.48 Å². The number of amides is 3. The van der Waals surface area contributed by atoms with E-state index >= 15 is 0 Å². The lowest BCUT2D eigenvalue weighted by Crippen LogP contribution is -2.51. The molecule has 0 bridgehead atoms. The third kappa shape index (κ3) is 3.22. The number of carbonyl (C=O) groups excluding carboxylic acids is 3. The smallest absolute Gasteiger partial charge is 0.272 e. The number of aliphatic hydroxyl groups is 1. The fraction of sp³-hybridized carbons (Fsp3) is 0.286. The molecule has 3 amide bonds. The summed E-state index contributed by atoms with van der Waals surface area (Å²) < 4.78 is 0. The maximum Gasteiger partial charge on any atom is 0.272 e. The van der Waals surface area contributed by atoms with E-state index in [1.54, 1.807) is 0 Å². The van der Waals surface area contributed by atoms with Gasteiger partial charge >= 0.3 is 0 Å². The molecule has 0 radical (unpaired) electrons. The largest absolute Gasteiger partial charge is 0.356 e. The van der Waals surface area contributed by atoms with Gasteiger partial charge in [-0.1, -0.05) is 0 Å². The topological polar surface area (TPSA) is 140 Å². The van der Waals surface area contributed by atoms with Gasteiger partial charge in [0.1, 0.15) is 12.1 Å². The van der Waals surface area contributed by atoms with Crippen LogP contribution in [0.4, 0.5) is 0 Å². The maximum absolute atomic E-state index is 11.2. The second kappa shape index (κ2) is 5.09. The first-order valence-electron chi connectivity index (χ1n) is 4.21. The number of hydroxylamine groups is 1. The Balaban J connectivity index is 2.51. The van der Waals surface area contributed by atoms with Gasteiger partial charge in [-0.25, -0.2) is 5.48 Å². The van der Waals surface area contributed by atoms with E-state index in [9.17, 15) is 14.4 Å². The molecule has 0 aromatic heterocycles. The molecule has 0 aromatic carbocycles. The van der Waals surface area contributed by atoms with Crippen LogP contribution >= 0.6 is 0 Å². The molecule has 0 spiro atoms. The molecule has 9 heteroatoms. The van der Waals surface area contributed by atoms with E-state index in [-0.39, 0.29) is 5.70 Å². The van der Waals surface area contributed by atoms with Crippen LogP contribution in [0.3, 0.4) is 0 Å². The Morgan fingerprint density at radius 3 is 2.69 bits per heavy atom. The van der Waals surface area contributed by atoms with Crippen molar-refractivity contribution in [1.29, 1.82) is 0 Å². The molecule has 1 aliphatic rings. The Bertz CT molecular complexity index is 353. The van der Waals surface area contributed by atoms with Crippen LogP contribution in [0.25, 0.3) is 0 Å². The quantitative estimate of drug-likeness (QED) is 0.172. The van der Waals surface area contributed by atoms with Crippen LogP contribution in [-0.4, -0.2) is 34.4 Å². The zero-order valence-corrected chi connectivity index (χ0v) is 7.98. The molecule has 0 fully saturated rings. The van der Waals surface area contributed by atoms with Crippen molar-refractivity contribution in [3.63, 3.8) is 0 Å². The van der Waals surface area contributed by atoms with Crippen LogP contribution < -0.4 is 21.4 Å². The highest BCUT2D eigenvalue weighted by Crippen LogP contribution is 1.95. The first-order chi connectivity index (χ1) is 7.52. The number of rotatable bonds is 3. The summed E-state index contributed by atoms with van der Waals surface area (Å²) in [4.78, 5) is 32.9. The summed E-state index contributed by atoms with van der Waals surface area (Å²) in [5.41, 5.74) is 1.14. The number of nitrogens with one attached hydrogen (secondary N) is 4. The fourth-order valence-electron chi connectivity index (χ4n) is 0.944. The summed E-state index contributed by atoms with van der Waals surface area (Å²) in [7, 11) is 0. The summed E-state index contributed by atoms with van der Waals surface area (Å²) in [6.07, 6.45) is -0.740. The van der Waals surface area contributed by atoms with E-state index in [2.05, 4.69) is 16.0 Å². The summed E-state index contributed by atoms with van der Waals surface area (Å²) in [6.45, 7) is 0. The summed E-state index contributed by atoms with van der Waals surface area (Å²) in [5, 5.41) is 23.6. The standard InChI is InChI=1S/C7H10N4O5/c12-4(1-5(13)11-16)9-3-2-8-7(15)10-6(3)14/h2,7-8,15-16H,1H2,(H,9,12)(H,10,14)(H,11,13). The highest BCUT2D eigenvalue weighted by molar-refractivity contribution is 6.02. The van der Waals surface area contributed by atoms with Gasteiger partial charge in [0.15, 0.2) is 0 Å². The Hall–Kier alpha value is -2.13. The number of hydrogen-bond acceptors (Lipinski definition) is 6. The SMILES string of the molecule is O=C(CC(=O)NC1=CNC(O)NC1=O)NO. The van der Waals surface area contributed by atoms with Crippen LogP contribution in [-0.2, 0) is 14.4 Å². The van der Waals surface area contributed by atoms with Gasteiger partial charge in [-0.15, -0.1) is 0 Å². The van der Waals surface area contributed by atoms with E-state index in [0.717, 1.165) is 6.20 Å². The summed E-state index contributed by atoms with van der Waals surface area (Å²) in [5.74, 6) is -2.36. The Morgan fingerprint density at radius 1 is 1.44 bits per heavy atom. The minimum atomic E-state index is -1.21. The number of carbonyl (C=O) groups is 3. The van der Waals surface area contributed by atoms with Crippen LogP contribution in [0.15, 0.2) is 11.9 Å². The van der Waals surface area contributed by atoms with Crippen LogP contribution in [0.5, 0.6) is 0 Å². The van der Waals surface area contributed by atoms with Gasteiger partial charge in [0.05, 0.1) is 0 Å². The lowest BCUT2D eigenvalue weighted by atomic mass is 10.3. The molecule has 1 rings (SSSR count). The van der Waals surface area contributed by atoms with Crippen molar-refractivity contribution in [2.45, 2.75) is 12.8 Å². The highest BCUT2D eigenvalue weighted by Gasteiger charge is 2.20. The fourth-order valence-corrected chi connectivity index (χ4v) is 0.944. The zero-order valence-electron chi connectivity index (χ0n) is 7.98. The van der Waals surface area contributed by atoms with E-state index in [1.807, 2.05) is 0 Å². The van der Waals surface area contributed by atoms with Crippen molar-refractivity contribution in [3.05, 3.63) is 11.9 Å². The summed E-state index contributed by atoms with van der Waals surface area (Å²) in [6, 6.07) is 0. The monoisotopic (exact) mass is 230 g/mol. The molecule has 6 N–H and O–H groups in total. The van der Waals surface area contributed by atoms with E-state index < -0.39 is 30.5 Å². The normalized spacial score (nSPS) is 19.0. The molecule has 1 heterocycles. The molecule has 9 nitrogen and oxygen atoms in total. The molecule has 1 aliphatic heterocycles. The van der Waals surface area contributed by atoms with Crippen LogP contribution in [0.1, 0.15) is 6.42 Å². The predicted octanol–water partition coefficient (Wildman–Crippen LogP) is -3.17. The van der Waals surface area contributed by atoms with Crippen molar-refractivity contribution >= 4 is 17.7 Å². The maximum atomic E-state index is 11.2. The van der Waals surface area contributed by atoms with Crippen molar-refractivity contribution in [3.8, 4) is 0 Å². The van der Waals surface area contributed by atoms with Crippen LogP contribution in [0.2, 0.25) is 0 Å². The minimum absolute atomic E-state index is 0.138. The molecule has 1 atom stereocenters. The van der Waals surface area contributed by atoms with Crippen LogP contribution in [0, 0.1) is 0 Å². The summed E-state index contributed by atoms with van der Waals surface area (Å²) >= 11 is 0. The van der Waals surface area contributed by atoms with Crippen molar-refractivity contribution in [1.82, 2.24) is 21.4 Å². The molecule has 0 saturated carbocycles. The Morgan fingerprint density at radius 2 is 2.12 bits per heavy atom. The molecular formula is C7H10N4O5. The van der Waals surface area contributed by atoms with Gasteiger partial charge in [-0.3, -0.25) is 19.6 Å². The third-order valence-electron chi connectivity index (χ3n) is 1.62. The van der Waals surface area contributed by atoms with Gasteiger partial charge in [0.25, 0.3) is 11.8 Å². The molecular weight excluding hydrogens is 220 g/mol. The Kier molecular flexibility index (Phi) is 3.80. The number of aliphatic hydroxyl groups excluding tert-OH is 1. The van der Waals surface area contributed by atoms with Gasteiger partial charge in [0, 0.05) is 6.20 Å². The third-order valence-corrected chi connectivity index (χ3v) is 1.62. The lowest BCUT2D eigenvalue weighted by molar-refractivity contribution is -0.135. The first kappa shape index (κ1) is 11.9. The minimum Gasteiger partial charge on any atom is -0.356 e. The highest BCUT2D eigenvalue weighted by atomic mass is 16.5. The van der Waals surface area contributed by atoms with Gasteiger partial charge in [-0.2, -0.15) is 0 Å².